The van der Waals surface area contributed by atoms with Gasteiger partial charge >= 0.3 is 11.9 Å². The molecule has 6 heteroatoms. The van der Waals surface area contributed by atoms with Crippen LogP contribution in [-0.2, 0) is 9.59 Å². The number of hydrogen-bond acceptors (Lipinski definition) is 4. The summed E-state index contributed by atoms with van der Waals surface area (Å²) < 4.78 is 4.87. The van der Waals surface area contributed by atoms with E-state index in [4.69, 9.17) is 14.9 Å². The van der Waals surface area contributed by atoms with E-state index in [1.165, 1.54) is 30.3 Å². The van der Waals surface area contributed by atoms with Gasteiger partial charge in [-0.1, -0.05) is 36.4 Å². The van der Waals surface area contributed by atoms with Crippen molar-refractivity contribution in [2.75, 3.05) is 0 Å². The highest BCUT2D eigenvalue weighted by molar-refractivity contribution is 6.06. The van der Waals surface area contributed by atoms with Crippen molar-refractivity contribution in [2.24, 2.45) is 0 Å². The fraction of sp³-hybridized carbons (Fsp3) is 0.0556. The molecule has 24 heavy (non-hydrogen) atoms. The Morgan fingerprint density at radius 3 is 2.00 bits per heavy atom. The van der Waals surface area contributed by atoms with Gasteiger partial charge in [0, 0.05) is 5.56 Å². The Balaban J connectivity index is 2.06. The third-order valence-corrected chi connectivity index (χ3v) is 3.07. The monoisotopic (exact) mass is 326 g/mol. The number of ether oxygens (including phenoxy) is 1. The molecule has 0 heterocycles. The second-order valence-electron chi connectivity index (χ2n) is 4.81. The number of hydrogen-bond donors (Lipinski definition) is 2. The van der Waals surface area contributed by atoms with E-state index in [0.717, 1.165) is 5.56 Å². The molecule has 2 aromatic rings. The van der Waals surface area contributed by atoms with Crippen LogP contribution in [0.15, 0.2) is 60.7 Å². The molecule has 0 bridgehead atoms. The lowest BCUT2D eigenvalue weighted by atomic mass is 10.1. The number of aliphatic carboxylic acids is 2. The molecule has 2 rings (SSSR count). The number of carboxylic acid groups (broad SMARTS) is 2. The minimum Gasteiger partial charge on any atom is -0.478 e. The molecule has 0 aliphatic carbocycles. The second kappa shape index (κ2) is 7.73. The fourth-order valence-electron chi connectivity index (χ4n) is 1.87. The van der Waals surface area contributed by atoms with Crippen LogP contribution >= 0.6 is 0 Å². The van der Waals surface area contributed by atoms with Gasteiger partial charge < -0.3 is 14.9 Å². The zero-order valence-electron chi connectivity index (χ0n) is 12.5. The van der Waals surface area contributed by atoms with E-state index in [9.17, 15) is 14.4 Å². The zero-order chi connectivity index (χ0) is 17.5. The van der Waals surface area contributed by atoms with Gasteiger partial charge in [0.1, 0.15) is 5.75 Å². The van der Waals surface area contributed by atoms with Crippen molar-refractivity contribution in [3.05, 3.63) is 71.8 Å². The van der Waals surface area contributed by atoms with Crippen LogP contribution in [0.1, 0.15) is 15.9 Å². The third-order valence-electron chi connectivity index (χ3n) is 3.07. The summed E-state index contributed by atoms with van der Waals surface area (Å²) in [6.07, 6.45) is 1.10. The van der Waals surface area contributed by atoms with Gasteiger partial charge in [0.15, 0.2) is 5.78 Å². The topological polar surface area (TPSA) is 101 Å². The van der Waals surface area contributed by atoms with Crippen LogP contribution in [0.4, 0.5) is 0 Å². The van der Waals surface area contributed by atoms with E-state index in [1.54, 1.807) is 6.08 Å². The molecule has 0 unspecified atom stereocenters. The molecular formula is C18H14O6. The molecule has 0 fully saturated rings. The van der Waals surface area contributed by atoms with Crippen molar-refractivity contribution in [1.82, 2.24) is 0 Å². The van der Waals surface area contributed by atoms with Gasteiger partial charge in [0.25, 0.3) is 6.10 Å². The molecule has 0 aliphatic heterocycles. The molecule has 0 aliphatic rings. The average Bonchev–Trinajstić information content (AvgIpc) is 2.58. The van der Waals surface area contributed by atoms with Crippen molar-refractivity contribution in [2.45, 2.75) is 6.10 Å². The predicted octanol–water partition coefficient (Wildman–Crippen LogP) is 2.50. The molecule has 6 nitrogen and oxygen atoms in total. The number of ketones is 1. The lowest BCUT2D eigenvalue weighted by Gasteiger charge is -2.10. The van der Waals surface area contributed by atoms with Crippen molar-refractivity contribution in [1.29, 1.82) is 0 Å². The highest BCUT2D eigenvalue weighted by Crippen LogP contribution is 2.15. The molecular weight excluding hydrogens is 312 g/mol. The molecule has 0 saturated carbocycles. The first kappa shape index (κ1) is 17.0. The van der Waals surface area contributed by atoms with E-state index >= 15 is 0 Å². The van der Waals surface area contributed by atoms with Crippen LogP contribution in [0.25, 0.3) is 6.08 Å². The van der Waals surface area contributed by atoms with Gasteiger partial charge in [-0.15, -0.1) is 0 Å². The Hall–Kier alpha value is -3.41. The predicted molar refractivity (Wildman–Crippen MR) is 85.9 cm³/mol. The smallest absolute Gasteiger partial charge is 0.356 e. The molecule has 0 spiro atoms. The van der Waals surface area contributed by atoms with Crippen molar-refractivity contribution in [3.63, 3.8) is 0 Å². The standard InChI is InChI=1S/C18H14O6/c19-15(11-6-12-4-2-1-3-5-12)13-7-9-14(10-8-13)24-16(17(20)21)18(22)23/h1-11,16H,(H,20,21)(H,22,23)/b11-6+. The Bertz CT molecular complexity index is 748. The molecule has 122 valence electrons. The van der Waals surface area contributed by atoms with E-state index in [2.05, 4.69) is 0 Å². The maximum Gasteiger partial charge on any atom is 0.356 e. The van der Waals surface area contributed by atoms with Crippen LogP contribution in [0.3, 0.4) is 0 Å². The molecule has 2 aromatic carbocycles. The Labute approximate surface area is 137 Å². The molecule has 2 N–H and O–H groups in total. The number of rotatable bonds is 7. The van der Waals surface area contributed by atoms with Gasteiger partial charge in [-0.25, -0.2) is 9.59 Å². The first-order chi connectivity index (χ1) is 11.5. The minimum absolute atomic E-state index is 0.0494. The Morgan fingerprint density at radius 1 is 0.875 bits per heavy atom. The van der Waals surface area contributed by atoms with Gasteiger partial charge in [-0.2, -0.15) is 0 Å². The van der Waals surface area contributed by atoms with E-state index < -0.39 is 18.0 Å². The summed E-state index contributed by atoms with van der Waals surface area (Å²) in [4.78, 5) is 33.6. The second-order valence-corrected chi connectivity index (χ2v) is 4.81. The Kier molecular flexibility index (Phi) is 5.46. The van der Waals surface area contributed by atoms with Crippen molar-refractivity contribution in [3.8, 4) is 5.75 Å². The van der Waals surface area contributed by atoms with Gasteiger partial charge in [0.2, 0.25) is 0 Å². The average molecular weight is 326 g/mol. The zero-order valence-corrected chi connectivity index (χ0v) is 12.5. The van der Waals surface area contributed by atoms with Crippen molar-refractivity contribution >= 4 is 23.8 Å². The lowest BCUT2D eigenvalue weighted by Crippen LogP contribution is -2.35. The third kappa shape index (κ3) is 4.54. The summed E-state index contributed by atoms with van der Waals surface area (Å²) in [7, 11) is 0. The lowest BCUT2D eigenvalue weighted by molar-refractivity contribution is -0.159. The number of carboxylic acids is 2. The van der Waals surface area contributed by atoms with Gasteiger partial charge in [0.05, 0.1) is 0 Å². The van der Waals surface area contributed by atoms with Crippen LogP contribution in [0, 0.1) is 0 Å². The SMILES string of the molecule is O=C(/C=C/c1ccccc1)c1ccc(OC(C(=O)O)C(=O)O)cc1. The quantitative estimate of drug-likeness (QED) is 0.460. The first-order valence-corrected chi connectivity index (χ1v) is 6.97. The maximum absolute atomic E-state index is 12.1. The minimum atomic E-state index is -2.00. The highest BCUT2D eigenvalue weighted by atomic mass is 16.5. The first-order valence-electron chi connectivity index (χ1n) is 6.97. The summed E-state index contributed by atoms with van der Waals surface area (Å²) in [5, 5.41) is 17.5. The normalized spacial score (nSPS) is 10.7. The van der Waals surface area contributed by atoms with E-state index in [-0.39, 0.29) is 11.5 Å². The van der Waals surface area contributed by atoms with Gasteiger partial charge in [-0.3, -0.25) is 4.79 Å². The van der Waals surface area contributed by atoms with Crippen molar-refractivity contribution < 1.29 is 29.3 Å². The number of carbonyl (C=O) groups is 3. The maximum atomic E-state index is 12.1. The van der Waals surface area contributed by atoms with E-state index in [1.807, 2.05) is 30.3 Å². The summed E-state index contributed by atoms with van der Waals surface area (Å²) in [6.45, 7) is 0. The molecule has 0 radical (unpaired) electrons. The summed E-state index contributed by atoms with van der Waals surface area (Å²) >= 11 is 0. The molecule has 0 aromatic heterocycles. The number of carbonyl (C=O) groups excluding carboxylic acids is 1. The van der Waals surface area contributed by atoms with Crippen LogP contribution < -0.4 is 4.74 Å². The fourth-order valence-corrected chi connectivity index (χ4v) is 1.87. The summed E-state index contributed by atoms with van der Waals surface area (Å²) in [5.41, 5.74) is 1.26. The van der Waals surface area contributed by atoms with E-state index in [0.29, 0.717) is 5.56 Å². The summed E-state index contributed by atoms with van der Waals surface area (Å²) in [5.74, 6) is -3.39. The molecule has 0 amide bonds. The van der Waals surface area contributed by atoms with Gasteiger partial charge in [-0.05, 0) is 35.9 Å². The summed E-state index contributed by atoms with van der Waals surface area (Å²) in [6, 6.07) is 14.9. The number of allylic oxidation sites excluding steroid dienone is 1. The van der Waals surface area contributed by atoms with Crippen LogP contribution in [-0.4, -0.2) is 34.0 Å². The highest BCUT2D eigenvalue weighted by Gasteiger charge is 2.27. The molecule has 0 atom stereocenters. The largest absolute Gasteiger partial charge is 0.478 e. The Morgan fingerprint density at radius 2 is 1.46 bits per heavy atom. The van der Waals surface area contributed by atoms with Crippen LogP contribution in [0.2, 0.25) is 0 Å². The van der Waals surface area contributed by atoms with Crippen LogP contribution in [0.5, 0.6) is 5.75 Å². The molecule has 0 saturated heterocycles. The number of benzene rings is 2.